The van der Waals surface area contributed by atoms with E-state index in [1.54, 1.807) is 6.21 Å². The van der Waals surface area contributed by atoms with E-state index in [2.05, 4.69) is 61.4 Å². The summed E-state index contributed by atoms with van der Waals surface area (Å²) in [5.74, 6) is 0.275. The number of fused-ring (bicyclic) bond motifs is 2. The van der Waals surface area contributed by atoms with Crippen molar-refractivity contribution in [1.82, 2.24) is 5.43 Å². The van der Waals surface area contributed by atoms with E-state index in [4.69, 9.17) is 0 Å². The molecule has 3 aromatic carbocycles. The highest BCUT2D eigenvalue weighted by Gasteiger charge is 2.33. The fourth-order valence-electron chi connectivity index (χ4n) is 4.24. The molecule has 4 nitrogen and oxygen atoms in total. The van der Waals surface area contributed by atoms with Gasteiger partial charge in [0.25, 0.3) is 5.91 Å². The first-order valence-electron chi connectivity index (χ1n) is 10.1. The van der Waals surface area contributed by atoms with Crippen molar-refractivity contribution in [1.29, 1.82) is 0 Å². The van der Waals surface area contributed by atoms with Gasteiger partial charge >= 0.3 is 0 Å². The minimum Gasteiger partial charge on any atom is -0.369 e. The third kappa shape index (κ3) is 3.75. The van der Waals surface area contributed by atoms with Crippen LogP contribution in [-0.4, -0.2) is 24.7 Å². The standard InChI is InChI=1S/C25H27N3O/c1-17-15-25(2,3)28(4)23-12-9-18(13-22(17)23)16-26-27-24(29)21-11-10-19-7-5-6-8-20(19)14-21/h5-14,16-17H,15H2,1-4H3,(H,27,29)/b26-16-/t17-/m1/s1. The number of amides is 1. The van der Waals surface area contributed by atoms with Crippen LogP contribution in [0.2, 0.25) is 0 Å². The molecule has 0 bridgehead atoms. The second-order valence-electron chi connectivity index (χ2n) is 8.56. The average molecular weight is 386 g/mol. The molecule has 1 heterocycles. The van der Waals surface area contributed by atoms with Gasteiger partial charge in [0.2, 0.25) is 0 Å². The second kappa shape index (κ2) is 7.36. The molecule has 0 unspecified atom stereocenters. The summed E-state index contributed by atoms with van der Waals surface area (Å²) in [4.78, 5) is 14.8. The molecule has 1 amide bonds. The Bertz CT molecular complexity index is 1100. The highest BCUT2D eigenvalue weighted by atomic mass is 16.2. The molecule has 0 radical (unpaired) electrons. The molecule has 0 aliphatic carbocycles. The number of rotatable bonds is 3. The van der Waals surface area contributed by atoms with E-state index in [0.29, 0.717) is 11.5 Å². The maximum Gasteiger partial charge on any atom is 0.271 e. The van der Waals surface area contributed by atoms with Crippen LogP contribution in [0.25, 0.3) is 10.8 Å². The lowest BCUT2D eigenvalue weighted by atomic mass is 9.80. The number of hydrogen-bond donors (Lipinski definition) is 1. The van der Waals surface area contributed by atoms with Crippen LogP contribution in [0.3, 0.4) is 0 Å². The van der Waals surface area contributed by atoms with Crippen molar-refractivity contribution in [2.45, 2.75) is 38.6 Å². The van der Waals surface area contributed by atoms with Crippen molar-refractivity contribution in [3.63, 3.8) is 0 Å². The van der Waals surface area contributed by atoms with E-state index in [1.165, 1.54) is 11.3 Å². The van der Waals surface area contributed by atoms with Gasteiger partial charge in [0.05, 0.1) is 6.21 Å². The summed E-state index contributed by atoms with van der Waals surface area (Å²) in [5.41, 5.74) is 6.98. The van der Waals surface area contributed by atoms with Crippen molar-refractivity contribution in [2.75, 3.05) is 11.9 Å². The van der Waals surface area contributed by atoms with Crippen molar-refractivity contribution in [3.05, 3.63) is 77.4 Å². The van der Waals surface area contributed by atoms with Gasteiger partial charge in [0, 0.05) is 23.8 Å². The van der Waals surface area contributed by atoms with E-state index in [9.17, 15) is 4.79 Å². The first-order chi connectivity index (χ1) is 13.8. The fourth-order valence-corrected chi connectivity index (χ4v) is 4.24. The topological polar surface area (TPSA) is 44.7 Å². The number of anilines is 1. The van der Waals surface area contributed by atoms with Crippen LogP contribution in [0, 0.1) is 0 Å². The minimum absolute atomic E-state index is 0.149. The Morgan fingerprint density at radius 2 is 1.86 bits per heavy atom. The third-order valence-electron chi connectivity index (χ3n) is 6.05. The van der Waals surface area contributed by atoms with Crippen molar-refractivity contribution in [3.8, 4) is 0 Å². The van der Waals surface area contributed by atoms with Crippen LogP contribution in [-0.2, 0) is 0 Å². The largest absolute Gasteiger partial charge is 0.369 e. The molecule has 4 rings (SSSR count). The molecule has 4 heteroatoms. The van der Waals surface area contributed by atoms with Gasteiger partial charge in [-0.25, -0.2) is 5.43 Å². The van der Waals surface area contributed by atoms with Crippen LogP contribution >= 0.6 is 0 Å². The van der Waals surface area contributed by atoms with Gasteiger partial charge in [-0.15, -0.1) is 0 Å². The summed E-state index contributed by atoms with van der Waals surface area (Å²) < 4.78 is 0. The zero-order chi connectivity index (χ0) is 20.6. The Labute approximate surface area is 172 Å². The van der Waals surface area contributed by atoms with Crippen molar-refractivity contribution in [2.24, 2.45) is 5.10 Å². The number of benzene rings is 3. The van der Waals surface area contributed by atoms with Gasteiger partial charge in [0.1, 0.15) is 0 Å². The van der Waals surface area contributed by atoms with Gasteiger partial charge < -0.3 is 4.90 Å². The molecule has 0 spiro atoms. The predicted molar refractivity (Wildman–Crippen MR) is 121 cm³/mol. The van der Waals surface area contributed by atoms with Gasteiger partial charge in [-0.1, -0.05) is 43.3 Å². The molecular weight excluding hydrogens is 358 g/mol. The van der Waals surface area contributed by atoms with Crippen LogP contribution in [0.5, 0.6) is 0 Å². The number of nitrogens with one attached hydrogen (secondary N) is 1. The SMILES string of the molecule is C[C@@H]1CC(C)(C)N(C)c2ccc(/C=N\NC(=O)c3ccc4ccccc4c3)cc21. The first kappa shape index (κ1) is 19.2. The highest BCUT2D eigenvalue weighted by molar-refractivity contribution is 5.99. The summed E-state index contributed by atoms with van der Waals surface area (Å²) in [6, 6.07) is 20.0. The van der Waals surface area contributed by atoms with Crippen molar-refractivity contribution >= 4 is 28.6 Å². The number of hydrogen-bond acceptors (Lipinski definition) is 3. The lowest BCUT2D eigenvalue weighted by Crippen LogP contribution is -2.45. The second-order valence-corrected chi connectivity index (χ2v) is 8.56. The first-order valence-corrected chi connectivity index (χ1v) is 10.1. The van der Waals surface area contributed by atoms with E-state index < -0.39 is 0 Å². The summed E-state index contributed by atoms with van der Waals surface area (Å²) in [6.07, 6.45) is 2.82. The number of nitrogens with zero attached hydrogens (tertiary/aromatic N) is 2. The third-order valence-corrected chi connectivity index (χ3v) is 6.05. The normalized spacial score (nSPS) is 18.1. The Morgan fingerprint density at radius 1 is 1.10 bits per heavy atom. The van der Waals surface area contributed by atoms with Crippen LogP contribution in [0.4, 0.5) is 5.69 Å². The summed E-state index contributed by atoms with van der Waals surface area (Å²) in [6.45, 7) is 6.84. The minimum atomic E-state index is -0.209. The van der Waals surface area contributed by atoms with Gasteiger partial charge in [-0.3, -0.25) is 4.79 Å². The van der Waals surface area contributed by atoms with Crippen LogP contribution < -0.4 is 10.3 Å². The Balaban J connectivity index is 1.49. The molecule has 148 valence electrons. The highest BCUT2D eigenvalue weighted by Crippen LogP contribution is 2.42. The molecule has 1 aliphatic rings. The maximum atomic E-state index is 12.4. The van der Waals surface area contributed by atoms with Gasteiger partial charge in [-0.05, 0) is 72.4 Å². The van der Waals surface area contributed by atoms with Gasteiger partial charge in [-0.2, -0.15) is 5.10 Å². The Hall–Kier alpha value is -3.14. The molecule has 1 N–H and O–H groups in total. The molecule has 0 saturated heterocycles. The smallest absolute Gasteiger partial charge is 0.271 e. The zero-order valence-corrected chi connectivity index (χ0v) is 17.4. The number of carbonyl (C=O) groups is 1. The summed E-state index contributed by atoms with van der Waals surface area (Å²) in [5, 5.41) is 6.34. The Morgan fingerprint density at radius 3 is 2.66 bits per heavy atom. The van der Waals surface area contributed by atoms with Crippen LogP contribution in [0.15, 0.2) is 65.8 Å². The quantitative estimate of drug-likeness (QED) is 0.489. The predicted octanol–water partition coefficient (Wildman–Crippen LogP) is 5.33. The van der Waals surface area contributed by atoms with Gasteiger partial charge in [0.15, 0.2) is 0 Å². The molecule has 1 aliphatic heterocycles. The lowest BCUT2D eigenvalue weighted by molar-refractivity contribution is 0.0955. The number of carbonyl (C=O) groups excluding carboxylic acids is 1. The molecule has 3 aromatic rings. The van der Waals surface area contributed by atoms with E-state index in [1.807, 2.05) is 42.5 Å². The molecule has 0 aromatic heterocycles. The summed E-state index contributed by atoms with van der Waals surface area (Å²) in [7, 11) is 2.16. The zero-order valence-electron chi connectivity index (χ0n) is 17.4. The molecule has 29 heavy (non-hydrogen) atoms. The Kier molecular flexibility index (Phi) is 4.87. The lowest BCUT2D eigenvalue weighted by Gasteiger charge is -2.45. The van der Waals surface area contributed by atoms with Crippen molar-refractivity contribution < 1.29 is 4.79 Å². The fraction of sp³-hybridized carbons (Fsp3) is 0.280. The van der Waals surface area contributed by atoms with Crippen LogP contribution in [0.1, 0.15) is 54.6 Å². The maximum absolute atomic E-state index is 12.4. The summed E-state index contributed by atoms with van der Waals surface area (Å²) >= 11 is 0. The molecule has 0 fully saturated rings. The van der Waals surface area contributed by atoms with E-state index >= 15 is 0 Å². The molecular formula is C25H27N3O. The van der Waals surface area contributed by atoms with E-state index in [0.717, 1.165) is 22.8 Å². The average Bonchev–Trinajstić information content (AvgIpc) is 2.71. The van der Waals surface area contributed by atoms with E-state index in [-0.39, 0.29) is 11.4 Å². The monoisotopic (exact) mass is 385 g/mol. The number of hydrazone groups is 1. The molecule has 1 atom stereocenters. The molecule has 0 saturated carbocycles.